The molecule has 2 atom stereocenters. The topological polar surface area (TPSA) is 0 Å². The van der Waals surface area contributed by atoms with Gasteiger partial charge < -0.3 is 0 Å². The Kier molecular flexibility index (Phi) is 1.14. The van der Waals surface area contributed by atoms with Gasteiger partial charge in [0.25, 0.3) is 0 Å². The quantitative estimate of drug-likeness (QED) is 0.433. The minimum atomic E-state index is 0.991. The van der Waals surface area contributed by atoms with E-state index in [2.05, 4.69) is 13.0 Å². The zero-order chi connectivity index (χ0) is 6.27. The highest BCUT2D eigenvalue weighted by molar-refractivity contribution is 5.12. The molecule has 0 N–H and O–H groups in total. The van der Waals surface area contributed by atoms with Crippen LogP contribution in [0.15, 0.2) is 11.6 Å². The second kappa shape index (κ2) is 1.86. The second-order valence-corrected chi connectivity index (χ2v) is 3.57. The molecule has 0 aromatic carbocycles. The summed E-state index contributed by atoms with van der Waals surface area (Å²) in [4.78, 5) is 0. The van der Waals surface area contributed by atoms with Crippen molar-refractivity contribution < 1.29 is 0 Å². The van der Waals surface area contributed by atoms with E-state index in [1.54, 1.807) is 5.57 Å². The molecule has 50 valence electrons. The van der Waals surface area contributed by atoms with Crippen molar-refractivity contribution in [1.82, 2.24) is 0 Å². The zero-order valence-electron chi connectivity index (χ0n) is 6.06. The summed E-state index contributed by atoms with van der Waals surface area (Å²) in [6, 6.07) is 0. The standard InChI is InChI=1S/C9H14/c1-7-5-8-3-2-4-9(8)6-7/h5,8-9H,2-4,6H2,1H3. The molecule has 0 spiro atoms. The third-order valence-electron chi connectivity index (χ3n) is 2.80. The molecule has 1 fully saturated rings. The first kappa shape index (κ1) is 5.52. The Labute approximate surface area is 57.0 Å². The van der Waals surface area contributed by atoms with Gasteiger partial charge in [-0.25, -0.2) is 0 Å². The van der Waals surface area contributed by atoms with E-state index in [0.29, 0.717) is 0 Å². The fourth-order valence-corrected chi connectivity index (χ4v) is 2.39. The van der Waals surface area contributed by atoms with Crippen LogP contribution in [-0.2, 0) is 0 Å². The number of fused-ring (bicyclic) bond motifs is 1. The minimum Gasteiger partial charge on any atom is -0.0822 e. The summed E-state index contributed by atoms with van der Waals surface area (Å²) in [5, 5.41) is 0. The second-order valence-electron chi connectivity index (χ2n) is 3.57. The van der Waals surface area contributed by atoms with Crippen LogP contribution in [0.25, 0.3) is 0 Å². The molecule has 2 aliphatic carbocycles. The molecule has 0 heteroatoms. The SMILES string of the molecule is CC1=CC2CCCC2C1. The van der Waals surface area contributed by atoms with Crippen molar-refractivity contribution in [2.75, 3.05) is 0 Å². The van der Waals surface area contributed by atoms with Crippen LogP contribution < -0.4 is 0 Å². The van der Waals surface area contributed by atoms with E-state index in [1.165, 1.54) is 25.7 Å². The van der Waals surface area contributed by atoms with E-state index < -0.39 is 0 Å². The average molecular weight is 122 g/mol. The van der Waals surface area contributed by atoms with E-state index in [-0.39, 0.29) is 0 Å². The first-order valence-electron chi connectivity index (χ1n) is 4.03. The summed E-state index contributed by atoms with van der Waals surface area (Å²) in [6.45, 7) is 2.28. The third kappa shape index (κ3) is 0.810. The lowest BCUT2D eigenvalue weighted by Gasteiger charge is -2.05. The van der Waals surface area contributed by atoms with Crippen LogP contribution in [0.3, 0.4) is 0 Å². The van der Waals surface area contributed by atoms with Crippen LogP contribution in [0.4, 0.5) is 0 Å². The Morgan fingerprint density at radius 3 is 3.11 bits per heavy atom. The molecule has 0 radical (unpaired) electrons. The maximum atomic E-state index is 2.50. The Morgan fingerprint density at radius 1 is 1.44 bits per heavy atom. The Balaban J connectivity index is 2.13. The van der Waals surface area contributed by atoms with Crippen LogP contribution in [0.1, 0.15) is 32.6 Å². The lowest BCUT2D eigenvalue weighted by Crippen LogP contribution is -1.96. The Bertz CT molecular complexity index is 144. The lowest BCUT2D eigenvalue weighted by molar-refractivity contribution is 0.492. The van der Waals surface area contributed by atoms with Crippen molar-refractivity contribution >= 4 is 0 Å². The number of rotatable bonds is 0. The summed E-state index contributed by atoms with van der Waals surface area (Å²) < 4.78 is 0. The van der Waals surface area contributed by atoms with E-state index in [1.807, 2.05) is 0 Å². The van der Waals surface area contributed by atoms with Gasteiger partial charge in [-0.15, -0.1) is 0 Å². The third-order valence-corrected chi connectivity index (χ3v) is 2.80. The molecule has 0 saturated heterocycles. The molecule has 0 aromatic rings. The molecular weight excluding hydrogens is 108 g/mol. The predicted octanol–water partition coefficient (Wildman–Crippen LogP) is 2.75. The van der Waals surface area contributed by atoms with E-state index >= 15 is 0 Å². The van der Waals surface area contributed by atoms with Gasteiger partial charge in [-0.1, -0.05) is 18.1 Å². The largest absolute Gasteiger partial charge is 0.0822 e. The van der Waals surface area contributed by atoms with Gasteiger partial charge in [0.15, 0.2) is 0 Å². The molecule has 0 heterocycles. The molecular formula is C9H14. The van der Waals surface area contributed by atoms with Gasteiger partial charge in [-0.3, -0.25) is 0 Å². The van der Waals surface area contributed by atoms with Crippen LogP contribution in [-0.4, -0.2) is 0 Å². The monoisotopic (exact) mass is 122 g/mol. The molecule has 0 nitrogen and oxygen atoms in total. The first-order chi connectivity index (χ1) is 4.36. The Hall–Kier alpha value is -0.260. The molecule has 0 amide bonds. The number of hydrogen-bond acceptors (Lipinski definition) is 0. The van der Waals surface area contributed by atoms with Gasteiger partial charge in [0, 0.05) is 0 Å². The van der Waals surface area contributed by atoms with Gasteiger partial charge >= 0.3 is 0 Å². The highest BCUT2D eigenvalue weighted by atomic mass is 14.3. The van der Waals surface area contributed by atoms with Gasteiger partial charge in [0.1, 0.15) is 0 Å². The van der Waals surface area contributed by atoms with Crippen molar-refractivity contribution in [2.24, 2.45) is 11.8 Å². The zero-order valence-corrected chi connectivity index (χ0v) is 6.06. The summed E-state index contributed by atoms with van der Waals surface area (Å²) in [7, 11) is 0. The van der Waals surface area contributed by atoms with Gasteiger partial charge in [0.2, 0.25) is 0 Å². The fraction of sp³-hybridized carbons (Fsp3) is 0.778. The van der Waals surface area contributed by atoms with Gasteiger partial charge in [0.05, 0.1) is 0 Å². The molecule has 9 heavy (non-hydrogen) atoms. The normalized spacial score (nSPS) is 40.8. The van der Waals surface area contributed by atoms with Crippen LogP contribution in [0, 0.1) is 11.8 Å². The maximum Gasteiger partial charge on any atom is -0.0200 e. The number of allylic oxidation sites excluding steroid dienone is 2. The maximum absolute atomic E-state index is 2.50. The van der Waals surface area contributed by atoms with Crippen LogP contribution in [0.5, 0.6) is 0 Å². The molecule has 2 aliphatic rings. The van der Waals surface area contributed by atoms with Gasteiger partial charge in [-0.05, 0) is 38.0 Å². The summed E-state index contributed by atoms with van der Waals surface area (Å²) >= 11 is 0. The van der Waals surface area contributed by atoms with Crippen LogP contribution >= 0.6 is 0 Å². The highest BCUT2D eigenvalue weighted by Gasteiger charge is 2.29. The van der Waals surface area contributed by atoms with E-state index in [4.69, 9.17) is 0 Å². The van der Waals surface area contributed by atoms with Crippen LogP contribution in [0.2, 0.25) is 0 Å². The smallest absolute Gasteiger partial charge is 0.0200 e. The molecule has 0 aliphatic heterocycles. The van der Waals surface area contributed by atoms with E-state index in [0.717, 1.165) is 11.8 Å². The predicted molar refractivity (Wildman–Crippen MR) is 39.2 cm³/mol. The molecule has 2 rings (SSSR count). The highest BCUT2D eigenvalue weighted by Crippen LogP contribution is 2.42. The Morgan fingerprint density at radius 2 is 2.33 bits per heavy atom. The average Bonchev–Trinajstić information content (AvgIpc) is 2.22. The van der Waals surface area contributed by atoms with Crippen molar-refractivity contribution in [3.63, 3.8) is 0 Å². The molecule has 1 saturated carbocycles. The molecule has 2 unspecified atom stereocenters. The van der Waals surface area contributed by atoms with Gasteiger partial charge in [-0.2, -0.15) is 0 Å². The van der Waals surface area contributed by atoms with Crippen molar-refractivity contribution in [3.8, 4) is 0 Å². The fourth-order valence-electron chi connectivity index (χ4n) is 2.39. The molecule has 0 bridgehead atoms. The number of hydrogen-bond donors (Lipinski definition) is 0. The minimum absolute atomic E-state index is 0.991. The van der Waals surface area contributed by atoms with Crippen molar-refractivity contribution in [3.05, 3.63) is 11.6 Å². The molecule has 0 aromatic heterocycles. The van der Waals surface area contributed by atoms with Crippen molar-refractivity contribution in [2.45, 2.75) is 32.6 Å². The van der Waals surface area contributed by atoms with E-state index in [9.17, 15) is 0 Å². The van der Waals surface area contributed by atoms with Crippen molar-refractivity contribution in [1.29, 1.82) is 0 Å². The summed E-state index contributed by atoms with van der Waals surface area (Å²) in [5.41, 5.74) is 1.64. The lowest BCUT2D eigenvalue weighted by atomic mass is 10.00. The summed E-state index contributed by atoms with van der Waals surface area (Å²) in [5.74, 6) is 2.05. The summed E-state index contributed by atoms with van der Waals surface area (Å²) in [6.07, 6.45) is 8.36. The first-order valence-corrected chi connectivity index (χ1v) is 4.03.